The first kappa shape index (κ1) is 36.6. The van der Waals surface area contributed by atoms with Gasteiger partial charge in [-0.15, -0.1) is 0 Å². The van der Waals surface area contributed by atoms with Gasteiger partial charge in [0.15, 0.2) is 11.7 Å². The third-order valence-electron chi connectivity index (χ3n) is 12.0. The van der Waals surface area contributed by atoms with Crippen molar-refractivity contribution in [2.75, 3.05) is 19.7 Å². The fourth-order valence-electron chi connectivity index (χ4n) is 9.45. The molecule has 14 heteroatoms. The molecule has 0 aromatic heterocycles. The summed E-state index contributed by atoms with van der Waals surface area (Å²) in [5.74, 6) is -1.61. The van der Waals surface area contributed by atoms with E-state index in [9.17, 15) is 29.1 Å². The van der Waals surface area contributed by atoms with Gasteiger partial charge in [0.25, 0.3) is 0 Å². The minimum atomic E-state index is -1.38. The molecule has 1 spiro atoms. The Morgan fingerprint density at radius 3 is 2.48 bits per heavy atom. The van der Waals surface area contributed by atoms with Crippen molar-refractivity contribution in [1.82, 2.24) is 16.0 Å². The molecule has 2 saturated heterocycles. The summed E-state index contributed by atoms with van der Waals surface area (Å²) in [6.45, 7) is 13.3. The summed E-state index contributed by atoms with van der Waals surface area (Å²) < 4.78 is 29.9. The second-order valence-corrected chi connectivity index (χ2v) is 16.5. The van der Waals surface area contributed by atoms with E-state index in [1.165, 1.54) is 6.92 Å². The van der Waals surface area contributed by atoms with Crippen molar-refractivity contribution in [3.63, 3.8) is 0 Å². The number of epoxide rings is 2. The number of alkyl carbamates (subject to hydrolysis) is 1. The van der Waals surface area contributed by atoms with E-state index in [0.717, 1.165) is 11.1 Å². The largest absolute Gasteiger partial charge is 0.458 e. The maximum absolute atomic E-state index is 13.6. The number of amides is 3. The van der Waals surface area contributed by atoms with E-state index in [4.69, 9.17) is 23.7 Å². The van der Waals surface area contributed by atoms with Crippen LogP contribution in [0.4, 0.5) is 4.79 Å². The van der Waals surface area contributed by atoms with Crippen LogP contribution in [-0.2, 0) is 42.9 Å². The number of esters is 2. The molecule has 0 unspecified atom stereocenters. The molecule has 2 saturated carbocycles. The van der Waals surface area contributed by atoms with Crippen LogP contribution >= 0.6 is 0 Å². The molecular formula is C36H53N3O11. The molecule has 3 aliphatic heterocycles. The van der Waals surface area contributed by atoms with E-state index in [0.29, 0.717) is 51.5 Å². The van der Waals surface area contributed by atoms with Crippen molar-refractivity contribution < 1.29 is 52.8 Å². The molecule has 4 N–H and O–H groups in total. The van der Waals surface area contributed by atoms with Gasteiger partial charge < -0.3 is 44.7 Å². The van der Waals surface area contributed by atoms with Gasteiger partial charge in [0.2, 0.25) is 11.8 Å². The first-order valence-electron chi connectivity index (χ1n) is 18.1. The number of fused-ring (bicyclic) bond motifs is 4. The van der Waals surface area contributed by atoms with E-state index >= 15 is 0 Å². The maximum atomic E-state index is 13.6. The Labute approximate surface area is 293 Å². The van der Waals surface area contributed by atoms with Crippen LogP contribution in [0.5, 0.6) is 0 Å². The fraction of sp³-hybridized carbons (Fsp3) is 0.806. The van der Waals surface area contributed by atoms with Crippen molar-refractivity contribution >= 4 is 29.8 Å². The first-order chi connectivity index (χ1) is 23.4. The molecule has 4 fully saturated rings. The summed E-state index contributed by atoms with van der Waals surface area (Å²) in [6, 6.07) is -0.918. The average molecular weight is 704 g/mol. The Hall–Kier alpha value is -3.23. The highest BCUT2D eigenvalue weighted by Crippen LogP contribution is 2.76. The quantitative estimate of drug-likeness (QED) is 0.101. The summed E-state index contributed by atoms with van der Waals surface area (Å²) in [7, 11) is 0. The molecule has 3 aliphatic carbocycles. The van der Waals surface area contributed by atoms with Crippen LogP contribution in [0.1, 0.15) is 99.8 Å². The predicted octanol–water partition coefficient (Wildman–Crippen LogP) is 2.34. The van der Waals surface area contributed by atoms with Crippen molar-refractivity contribution in [2.45, 2.75) is 147 Å². The smallest absolute Gasteiger partial charge is 0.408 e. The SMILES string of the molecule is CC(=O)NCCCC[C@H](NC(=O)OC(C)(C)C)C(=O)NCCC(=O)O[C@@H]1[C@@]2(C(C)C)O[C@@H]2C[C@]2(O)[C@]13O[C@H]3C[C@H]1C3=C(CC[C@@]12C)C(=O)OC3. The van der Waals surface area contributed by atoms with Crippen molar-refractivity contribution in [3.8, 4) is 0 Å². The fourth-order valence-corrected chi connectivity index (χ4v) is 9.45. The Bertz CT molecular complexity index is 1470. The molecule has 278 valence electrons. The monoisotopic (exact) mass is 703 g/mol. The molecule has 0 radical (unpaired) electrons. The number of carbonyl (C=O) groups excluding carboxylic acids is 5. The summed E-state index contributed by atoms with van der Waals surface area (Å²) in [5, 5.41) is 20.9. The maximum Gasteiger partial charge on any atom is 0.408 e. The van der Waals surface area contributed by atoms with E-state index in [-0.39, 0.29) is 49.4 Å². The van der Waals surface area contributed by atoms with Crippen LogP contribution in [0.15, 0.2) is 11.1 Å². The van der Waals surface area contributed by atoms with Gasteiger partial charge in [-0.3, -0.25) is 14.4 Å². The molecule has 3 heterocycles. The van der Waals surface area contributed by atoms with Crippen molar-refractivity contribution in [3.05, 3.63) is 11.1 Å². The second kappa shape index (κ2) is 12.8. The number of carbonyl (C=O) groups is 5. The lowest BCUT2D eigenvalue weighted by Gasteiger charge is -2.60. The minimum Gasteiger partial charge on any atom is -0.458 e. The van der Waals surface area contributed by atoms with E-state index in [1.54, 1.807) is 20.8 Å². The van der Waals surface area contributed by atoms with E-state index < -0.39 is 64.0 Å². The van der Waals surface area contributed by atoms with Gasteiger partial charge in [0.05, 0.1) is 18.6 Å². The lowest BCUT2D eigenvalue weighted by atomic mass is 9.44. The number of nitrogens with one attached hydrogen (secondary N) is 3. The number of unbranched alkanes of at least 4 members (excludes halogenated alkanes) is 1. The average Bonchev–Trinajstić information content (AvgIpc) is 3.89. The minimum absolute atomic E-state index is 0.0360. The summed E-state index contributed by atoms with van der Waals surface area (Å²) >= 11 is 0. The molecule has 14 nitrogen and oxygen atoms in total. The molecule has 3 amide bonds. The standard InChI is InChI=1S/C36H53N3O11/c1-19(2)35-26(48-35)17-34(45)33(7)13-11-21-22(18-46-29(21)43)23(33)16-25-36(34,49-25)30(35)47-27(41)12-15-38-28(42)24(10-8-9-14-37-20(3)40)39-31(44)50-32(4,5)6/h19,23-26,30,45H,8-18H2,1-7H3,(H,37,40)(H,38,42)(H,39,44)/t23-,24-,25-,26+,30+,33-,34+,35-,36+/m0/s1. The van der Waals surface area contributed by atoms with Crippen molar-refractivity contribution in [1.29, 1.82) is 0 Å². The zero-order valence-corrected chi connectivity index (χ0v) is 30.3. The number of aliphatic hydroxyl groups is 1. The predicted molar refractivity (Wildman–Crippen MR) is 176 cm³/mol. The Morgan fingerprint density at radius 1 is 1.06 bits per heavy atom. The Kier molecular flexibility index (Phi) is 9.33. The molecule has 9 atom stereocenters. The highest BCUT2D eigenvalue weighted by molar-refractivity contribution is 5.92. The van der Waals surface area contributed by atoms with Crippen LogP contribution in [0.2, 0.25) is 0 Å². The van der Waals surface area contributed by atoms with E-state index in [2.05, 4.69) is 22.9 Å². The lowest BCUT2D eigenvalue weighted by molar-refractivity contribution is -0.222. The van der Waals surface area contributed by atoms with Gasteiger partial charge in [-0.2, -0.15) is 0 Å². The van der Waals surface area contributed by atoms with E-state index in [1.807, 2.05) is 13.8 Å². The van der Waals surface area contributed by atoms with Gasteiger partial charge in [-0.1, -0.05) is 20.8 Å². The van der Waals surface area contributed by atoms with Crippen LogP contribution in [0.25, 0.3) is 0 Å². The Morgan fingerprint density at radius 2 is 1.80 bits per heavy atom. The molecule has 0 bridgehead atoms. The van der Waals surface area contributed by atoms with Crippen LogP contribution in [0.3, 0.4) is 0 Å². The molecule has 0 aromatic rings. The third kappa shape index (κ3) is 5.98. The van der Waals surface area contributed by atoms with Crippen LogP contribution < -0.4 is 16.0 Å². The summed E-state index contributed by atoms with van der Waals surface area (Å²) in [5.41, 5.74) is -3.09. The number of hydrogen-bond donors (Lipinski definition) is 4. The molecule has 6 rings (SSSR count). The topological polar surface area (TPSA) is 194 Å². The summed E-state index contributed by atoms with van der Waals surface area (Å²) in [4.78, 5) is 62.9. The van der Waals surface area contributed by atoms with Gasteiger partial charge in [-0.25, -0.2) is 9.59 Å². The molecule has 6 aliphatic rings. The van der Waals surface area contributed by atoms with Gasteiger partial charge >= 0.3 is 18.0 Å². The number of ether oxygens (including phenoxy) is 5. The number of cyclic esters (lactones) is 1. The highest BCUT2D eigenvalue weighted by atomic mass is 16.7. The van der Waals surface area contributed by atoms with Gasteiger partial charge in [-0.05, 0) is 76.7 Å². The van der Waals surface area contributed by atoms with Gasteiger partial charge in [0, 0.05) is 37.4 Å². The van der Waals surface area contributed by atoms with Crippen molar-refractivity contribution in [2.24, 2.45) is 17.3 Å². The molecule has 50 heavy (non-hydrogen) atoms. The second-order valence-electron chi connectivity index (χ2n) is 16.5. The zero-order chi connectivity index (χ0) is 36.4. The molecule has 0 aromatic carbocycles. The van der Waals surface area contributed by atoms with Gasteiger partial charge in [0.1, 0.15) is 29.5 Å². The highest BCUT2D eigenvalue weighted by Gasteiger charge is 2.91. The number of hydrogen-bond acceptors (Lipinski definition) is 11. The zero-order valence-electron chi connectivity index (χ0n) is 30.3. The summed E-state index contributed by atoms with van der Waals surface area (Å²) in [6.07, 6.45) is 0.958. The number of rotatable bonds is 12. The lowest BCUT2D eigenvalue weighted by Crippen LogP contribution is -2.74. The van der Waals surface area contributed by atoms with Crippen LogP contribution in [0, 0.1) is 17.3 Å². The third-order valence-corrected chi connectivity index (χ3v) is 12.0. The normalized spacial score (nSPS) is 36.8. The Balaban J connectivity index is 1.12. The first-order valence-corrected chi connectivity index (χ1v) is 18.1. The van der Waals surface area contributed by atoms with Crippen LogP contribution in [-0.4, -0.2) is 101 Å². The molecular weight excluding hydrogens is 650 g/mol.